The summed E-state index contributed by atoms with van der Waals surface area (Å²) in [5.41, 5.74) is 0.859. The summed E-state index contributed by atoms with van der Waals surface area (Å²) < 4.78 is 9.48. The Hall–Kier alpha value is -2.77. The summed E-state index contributed by atoms with van der Waals surface area (Å²) in [5, 5.41) is 9.83. The standard InChI is InChI=1S/C15H19NO7/c1-8-6-7-9(17)11(10(8)12(18)21-5)13(19)23-16-14(20)22-15(2,3)4/h6-7,17H,1-5H3,(H,16,20). The predicted octanol–water partition coefficient (Wildman–Crippen LogP) is 2.08. The number of rotatable bonds is 2. The van der Waals surface area contributed by atoms with Gasteiger partial charge in [-0.2, -0.15) is 0 Å². The van der Waals surface area contributed by atoms with E-state index in [0.29, 0.717) is 5.56 Å². The zero-order valence-corrected chi connectivity index (χ0v) is 13.6. The molecule has 0 spiro atoms. The zero-order chi connectivity index (χ0) is 17.8. The molecule has 1 aromatic carbocycles. The van der Waals surface area contributed by atoms with Crippen molar-refractivity contribution in [3.05, 3.63) is 28.8 Å². The Morgan fingerprint density at radius 1 is 1.09 bits per heavy atom. The van der Waals surface area contributed by atoms with Crippen LogP contribution in [0.5, 0.6) is 5.75 Å². The molecule has 0 saturated heterocycles. The van der Waals surface area contributed by atoms with Crippen LogP contribution in [0.25, 0.3) is 0 Å². The van der Waals surface area contributed by atoms with Crippen LogP contribution in [0.4, 0.5) is 4.79 Å². The first-order valence-electron chi connectivity index (χ1n) is 6.68. The molecule has 0 bridgehead atoms. The van der Waals surface area contributed by atoms with Gasteiger partial charge in [0, 0.05) is 0 Å². The Morgan fingerprint density at radius 3 is 2.22 bits per heavy atom. The number of amides is 1. The molecule has 0 saturated carbocycles. The van der Waals surface area contributed by atoms with Gasteiger partial charge in [-0.05, 0) is 39.3 Å². The summed E-state index contributed by atoms with van der Waals surface area (Å²) in [5.74, 6) is -2.42. The molecule has 0 unspecified atom stereocenters. The van der Waals surface area contributed by atoms with Crippen LogP contribution in [0.15, 0.2) is 12.1 Å². The number of phenols is 1. The molecule has 0 heterocycles. The normalized spacial score (nSPS) is 10.7. The van der Waals surface area contributed by atoms with Crippen LogP contribution in [0.2, 0.25) is 0 Å². The molecule has 126 valence electrons. The molecule has 2 N–H and O–H groups in total. The minimum atomic E-state index is -1.13. The predicted molar refractivity (Wildman–Crippen MR) is 79.0 cm³/mol. The Kier molecular flexibility index (Phi) is 5.56. The van der Waals surface area contributed by atoms with Crippen molar-refractivity contribution in [1.29, 1.82) is 0 Å². The summed E-state index contributed by atoms with van der Waals surface area (Å²) in [7, 11) is 1.14. The average Bonchev–Trinajstić information content (AvgIpc) is 2.44. The molecule has 8 nitrogen and oxygen atoms in total. The second-order valence-corrected chi connectivity index (χ2v) is 5.64. The second-order valence-electron chi connectivity index (χ2n) is 5.64. The van der Waals surface area contributed by atoms with Gasteiger partial charge in [0.2, 0.25) is 0 Å². The largest absolute Gasteiger partial charge is 0.507 e. The third kappa shape index (κ3) is 4.87. The van der Waals surface area contributed by atoms with Crippen molar-refractivity contribution in [3.8, 4) is 5.75 Å². The third-order valence-corrected chi connectivity index (χ3v) is 2.61. The number of methoxy groups -OCH3 is 1. The van der Waals surface area contributed by atoms with Crippen molar-refractivity contribution in [2.24, 2.45) is 0 Å². The Bertz CT molecular complexity index is 631. The molecule has 1 amide bonds. The van der Waals surface area contributed by atoms with E-state index in [0.717, 1.165) is 7.11 Å². The van der Waals surface area contributed by atoms with Gasteiger partial charge in [0.25, 0.3) is 0 Å². The average molecular weight is 325 g/mol. The van der Waals surface area contributed by atoms with Gasteiger partial charge in [0.1, 0.15) is 16.9 Å². The maximum atomic E-state index is 12.1. The van der Waals surface area contributed by atoms with E-state index in [4.69, 9.17) is 4.74 Å². The number of ether oxygens (including phenoxy) is 2. The molecule has 0 radical (unpaired) electrons. The number of carbonyl (C=O) groups excluding carboxylic acids is 3. The topological polar surface area (TPSA) is 111 Å². The fourth-order valence-corrected chi connectivity index (χ4v) is 1.71. The number of benzene rings is 1. The number of hydroxylamine groups is 1. The van der Waals surface area contributed by atoms with Crippen LogP contribution in [-0.2, 0) is 14.3 Å². The SMILES string of the molecule is COC(=O)c1c(C)ccc(O)c1C(=O)ONC(=O)OC(C)(C)C. The lowest BCUT2D eigenvalue weighted by atomic mass is 10.0. The lowest BCUT2D eigenvalue weighted by Gasteiger charge is -2.19. The van der Waals surface area contributed by atoms with E-state index in [1.54, 1.807) is 33.2 Å². The van der Waals surface area contributed by atoms with E-state index in [2.05, 4.69) is 9.57 Å². The van der Waals surface area contributed by atoms with Crippen LogP contribution in [0.3, 0.4) is 0 Å². The van der Waals surface area contributed by atoms with Crippen molar-refractivity contribution in [2.45, 2.75) is 33.3 Å². The second kappa shape index (κ2) is 6.99. The number of hydrogen-bond donors (Lipinski definition) is 2. The molecule has 0 fully saturated rings. The van der Waals surface area contributed by atoms with E-state index in [-0.39, 0.29) is 5.56 Å². The molecule has 1 aromatic rings. The summed E-state index contributed by atoms with van der Waals surface area (Å²) in [6.07, 6.45) is -0.988. The van der Waals surface area contributed by atoms with Crippen molar-refractivity contribution in [3.63, 3.8) is 0 Å². The molecule has 23 heavy (non-hydrogen) atoms. The summed E-state index contributed by atoms with van der Waals surface area (Å²) in [4.78, 5) is 39.9. The van der Waals surface area contributed by atoms with Crippen molar-refractivity contribution in [2.75, 3.05) is 7.11 Å². The van der Waals surface area contributed by atoms with E-state index < -0.39 is 34.9 Å². The third-order valence-electron chi connectivity index (χ3n) is 2.61. The van der Waals surface area contributed by atoms with Crippen LogP contribution in [0.1, 0.15) is 47.1 Å². The summed E-state index contributed by atoms with van der Waals surface area (Å²) in [6.45, 7) is 6.46. The van der Waals surface area contributed by atoms with Gasteiger partial charge in [-0.25, -0.2) is 14.4 Å². The molecule has 1 rings (SSSR count). The van der Waals surface area contributed by atoms with E-state index in [1.807, 2.05) is 0 Å². The molecule has 0 aliphatic carbocycles. The van der Waals surface area contributed by atoms with Gasteiger partial charge in [0.05, 0.1) is 12.7 Å². The van der Waals surface area contributed by atoms with Crippen LogP contribution >= 0.6 is 0 Å². The van der Waals surface area contributed by atoms with E-state index in [9.17, 15) is 19.5 Å². The highest BCUT2D eigenvalue weighted by atomic mass is 16.7. The van der Waals surface area contributed by atoms with Gasteiger partial charge < -0.3 is 19.4 Å². The van der Waals surface area contributed by atoms with E-state index in [1.165, 1.54) is 12.1 Å². The first-order valence-corrected chi connectivity index (χ1v) is 6.68. The Morgan fingerprint density at radius 2 is 1.70 bits per heavy atom. The summed E-state index contributed by atoms with van der Waals surface area (Å²) >= 11 is 0. The number of aryl methyl sites for hydroxylation is 1. The van der Waals surface area contributed by atoms with Crippen LogP contribution in [-0.4, -0.2) is 35.8 Å². The molecular weight excluding hydrogens is 306 g/mol. The quantitative estimate of drug-likeness (QED) is 0.486. The minimum Gasteiger partial charge on any atom is -0.507 e. The number of hydrogen-bond acceptors (Lipinski definition) is 7. The Labute approximate surface area is 133 Å². The fraction of sp³-hybridized carbons (Fsp3) is 0.400. The highest BCUT2D eigenvalue weighted by Crippen LogP contribution is 2.25. The molecule has 0 aromatic heterocycles. The molecular formula is C15H19NO7. The monoisotopic (exact) mass is 325 g/mol. The number of carbonyl (C=O) groups is 3. The zero-order valence-electron chi connectivity index (χ0n) is 13.6. The van der Waals surface area contributed by atoms with Gasteiger partial charge in [-0.3, -0.25) is 0 Å². The summed E-state index contributed by atoms with van der Waals surface area (Å²) in [6, 6.07) is 2.67. The van der Waals surface area contributed by atoms with Crippen molar-refractivity contribution < 1.29 is 33.8 Å². The van der Waals surface area contributed by atoms with Crippen molar-refractivity contribution >= 4 is 18.0 Å². The minimum absolute atomic E-state index is 0.150. The lowest BCUT2D eigenvalue weighted by molar-refractivity contribution is -0.00162. The van der Waals surface area contributed by atoms with Crippen LogP contribution < -0.4 is 5.48 Å². The molecule has 0 atom stereocenters. The number of phenolic OH excluding ortho intramolecular Hbond substituents is 1. The van der Waals surface area contributed by atoms with Gasteiger partial charge in [-0.15, -0.1) is 5.48 Å². The first-order chi connectivity index (χ1) is 10.6. The highest BCUT2D eigenvalue weighted by Gasteiger charge is 2.26. The molecule has 0 aliphatic rings. The smallest absolute Gasteiger partial charge is 0.441 e. The maximum Gasteiger partial charge on any atom is 0.441 e. The van der Waals surface area contributed by atoms with Gasteiger partial charge >= 0.3 is 18.0 Å². The Balaban J connectivity index is 2.98. The van der Waals surface area contributed by atoms with Crippen molar-refractivity contribution in [1.82, 2.24) is 5.48 Å². The van der Waals surface area contributed by atoms with Gasteiger partial charge in [0.15, 0.2) is 0 Å². The van der Waals surface area contributed by atoms with Gasteiger partial charge in [-0.1, -0.05) is 6.07 Å². The first kappa shape index (κ1) is 18.3. The number of nitrogens with one attached hydrogen (secondary N) is 1. The lowest BCUT2D eigenvalue weighted by Crippen LogP contribution is -2.34. The number of esters is 1. The number of aromatic hydroxyl groups is 1. The molecule has 0 aliphatic heterocycles. The molecule has 8 heteroatoms. The highest BCUT2D eigenvalue weighted by molar-refractivity contribution is 6.06. The van der Waals surface area contributed by atoms with Crippen LogP contribution in [0, 0.1) is 6.92 Å². The maximum absolute atomic E-state index is 12.1. The van der Waals surface area contributed by atoms with E-state index >= 15 is 0 Å². The fourth-order valence-electron chi connectivity index (χ4n) is 1.71.